The largest absolute Gasteiger partial charge is 0.480 e. The normalized spacial score (nSPS) is 18.9. The lowest BCUT2D eigenvalue weighted by Crippen LogP contribution is -2.58. The number of hydrogen-bond acceptors (Lipinski definition) is 4. The predicted molar refractivity (Wildman–Crippen MR) is 76.1 cm³/mol. The molecule has 3 N–H and O–H groups in total. The van der Waals surface area contributed by atoms with Gasteiger partial charge in [-0.15, -0.1) is 0 Å². The molecule has 0 saturated carbocycles. The first-order chi connectivity index (χ1) is 9.95. The summed E-state index contributed by atoms with van der Waals surface area (Å²) < 4.78 is 0. The molecule has 1 aromatic rings. The Morgan fingerprint density at radius 1 is 1.48 bits per heavy atom. The summed E-state index contributed by atoms with van der Waals surface area (Å²) in [6, 6.07) is 5.70. The number of carboxylic acid groups (broad SMARTS) is 1. The topological polar surface area (TPSA) is 98.7 Å². The van der Waals surface area contributed by atoms with Gasteiger partial charge >= 0.3 is 5.97 Å². The Hall–Kier alpha value is -2.12. The van der Waals surface area contributed by atoms with E-state index in [9.17, 15) is 14.4 Å². The zero-order valence-corrected chi connectivity index (χ0v) is 11.8. The fraction of sp³-hybridized carbons (Fsp3) is 0.308. The van der Waals surface area contributed by atoms with E-state index in [1.807, 2.05) is 0 Å². The summed E-state index contributed by atoms with van der Waals surface area (Å²) in [5.74, 6) is -1.79. The lowest BCUT2D eigenvalue weighted by molar-refractivity contribution is -0.146. The summed E-state index contributed by atoms with van der Waals surface area (Å²) in [6.07, 6.45) is 0. The highest BCUT2D eigenvalue weighted by Crippen LogP contribution is 2.15. The number of anilines is 1. The molecule has 1 unspecified atom stereocenters. The maximum atomic E-state index is 11.9. The summed E-state index contributed by atoms with van der Waals surface area (Å²) in [5, 5.41) is 14.6. The molecule has 0 radical (unpaired) electrons. The molecule has 0 spiro atoms. The van der Waals surface area contributed by atoms with Gasteiger partial charge in [0.25, 0.3) is 0 Å². The quantitative estimate of drug-likeness (QED) is 0.736. The van der Waals surface area contributed by atoms with E-state index < -0.39 is 17.9 Å². The van der Waals surface area contributed by atoms with Crippen LogP contribution in [0.1, 0.15) is 0 Å². The van der Waals surface area contributed by atoms with Crippen molar-refractivity contribution in [2.75, 3.05) is 25.0 Å². The van der Waals surface area contributed by atoms with Crippen LogP contribution in [0.15, 0.2) is 24.3 Å². The number of rotatable bonds is 4. The van der Waals surface area contributed by atoms with Crippen LogP contribution >= 0.6 is 11.6 Å². The number of hydrogen-bond donors (Lipinski definition) is 3. The number of piperazine rings is 1. The van der Waals surface area contributed by atoms with Gasteiger partial charge in [0.15, 0.2) is 0 Å². The third-order valence-electron chi connectivity index (χ3n) is 3.02. The van der Waals surface area contributed by atoms with Gasteiger partial charge < -0.3 is 15.7 Å². The fourth-order valence-electron chi connectivity index (χ4n) is 2.05. The van der Waals surface area contributed by atoms with E-state index in [1.165, 1.54) is 4.90 Å². The number of nitrogens with one attached hydrogen (secondary N) is 2. The second kappa shape index (κ2) is 6.55. The molecule has 1 heterocycles. The van der Waals surface area contributed by atoms with Crippen molar-refractivity contribution in [1.29, 1.82) is 0 Å². The van der Waals surface area contributed by atoms with E-state index in [0.29, 0.717) is 10.7 Å². The molecule has 1 aromatic carbocycles. The Morgan fingerprint density at radius 2 is 2.24 bits per heavy atom. The Labute approximate surface area is 125 Å². The summed E-state index contributed by atoms with van der Waals surface area (Å²) in [5.41, 5.74) is 0.515. The van der Waals surface area contributed by atoms with Gasteiger partial charge in [-0.2, -0.15) is 0 Å². The number of carbonyl (C=O) groups excluding carboxylic acids is 2. The SMILES string of the molecule is O=C1CN(CC(=O)Nc2cccc(Cl)c2)C(C(=O)O)CN1. The number of halogens is 1. The van der Waals surface area contributed by atoms with Crippen LogP contribution in [0.2, 0.25) is 5.02 Å². The lowest BCUT2D eigenvalue weighted by atomic mass is 10.2. The first-order valence-electron chi connectivity index (χ1n) is 6.24. The third-order valence-corrected chi connectivity index (χ3v) is 3.26. The minimum atomic E-state index is -1.08. The van der Waals surface area contributed by atoms with E-state index in [4.69, 9.17) is 16.7 Å². The molecule has 1 atom stereocenters. The van der Waals surface area contributed by atoms with Crippen molar-refractivity contribution in [1.82, 2.24) is 10.2 Å². The van der Waals surface area contributed by atoms with Gasteiger partial charge in [0, 0.05) is 17.3 Å². The van der Waals surface area contributed by atoms with Crippen LogP contribution in [0.25, 0.3) is 0 Å². The van der Waals surface area contributed by atoms with Crippen molar-refractivity contribution in [3.8, 4) is 0 Å². The van der Waals surface area contributed by atoms with Gasteiger partial charge in [0.1, 0.15) is 6.04 Å². The van der Waals surface area contributed by atoms with Crippen molar-refractivity contribution < 1.29 is 19.5 Å². The van der Waals surface area contributed by atoms with Gasteiger partial charge in [-0.25, -0.2) is 0 Å². The van der Waals surface area contributed by atoms with Crippen LogP contribution in [-0.2, 0) is 14.4 Å². The number of amides is 2. The maximum absolute atomic E-state index is 11.9. The maximum Gasteiger partial charge on any atom is 0.322 e. The number of carboxylic acids is 1. The number of benzene rings is 1. The van der Waals surface area contributed by atoms with Gasteiger partial charge in [-0.3, -0.25) is 19.3 Å². The molecule has 1 aliphatic heterocycles. The van der Waals surface area contributed by atoms with Gasteiger partial charge in [0.05, 0.1) is 13.1 Å². The molecule has 1 saturated heterocycles. The van der Waals surface area contributed by atoms with Crippen LogP contribution in [-0.4, -0.2) is 53.5 Å². The number of nitrogens with zero attached hydrogens (tertiary/aromatic N) is 1. The molecule has 0 bridgehead atoms. The van der Waals surface area contributed by atoms with Crippen molar-refractivity contribution >= 4 is 35.1 Å². The van der Waals surface area contributed by atoms with E-state index >= 15 is 0 Å². The van der Waals surface area contributed by atoms with Gasteiger partial charge in [-0.1, -0.05) is 17.7 Å². The minimum Gasteiger partial charge on any atom is -0.480 e. The van der Waals surface area contributed by atoms with Crippen LogP contribution < -0.4 is 10.6 Å². The Kier molecular flexibility index (Phi) is 4.77. The van der Waals surface area contributed by atoms with Crippen molar-refractivity contribution in [2.24, 2.45) is 0 Å². The molecule has 21 heavy (non-hydrogen) atoms. The highest BCUT2D eigenvalue weighted by atomic mass is 35.5. The molecule has 7 nitrogen and oxygen atoms in total. The van der Waals surface area contributed by atoms with E-state index in [1.54, 1.807) is 24.3 Å². The summed E-state index contributed by atoms with van der Waals surface area (Å²) >= 11 is 5.81. The standard InChI is InChI=1S/C13H14ClN3O4/c14-8-2-1-3-9(4-8)16-12(19)7-17-6-11(18)15-5-10(17)13(20)21/h1-4,10H,5-7H2,(H,15,18)(H,16,19)(H,20,21). The molecule has 0 aromatic heterocycles. The monoisotopic (exact) mass is 311 g/mol. The van der Waals surface area contributed by atoms with E-state index in [-0.39, 0.29) is 25.5 Å². The fourth-order valence-corrected chi connectivity index (χ4v) is 2.24. The van der Waals surface area contributed by atoms with Crippen molar-refractivity contribution in [3.63, 3.8) is 0 Å². The zero-order valence-electron chi connectivity index (χ0n) is 11.0. The summed E-state index contributed by atoms with van der Waals surface area (Å²) in [4.78, 5) is 35.7. The van der Waals surface area contributed by atoms with Gasteiger partial charge in [0.2, 0.25) is 11.8 Å². The van der Waals surface area contributed by atoms with Crippen molar-refractivity contribution in [2.45, 2.75) is 6.04 Å². The average Bonchev–Trinajstić information content (AvgIpc) is 2.38. The highest BCUT2D eigenvalue weighted by molar-refractivity contribution is 6.30. The molecule has 112 valence electrons. The smallest absolute Gasteiger partial charge is 0.322 e. The number of carbonyl (C=O) groups is 3. The third kappa shape index (κ3) is 4.17. The molecule has 1 aliphatic rings. The van der Waals surface area contributed by atoms with Crippen LogP contribution in [0.4, 0.5) is 5.69 Å². The zero-order chi connectivity index (χ0) is 15.4. The minimum absolute atomic E-state index is 0.0153. The molecule has 2 rings (SSSR count). The van der Waals surface area contributed by atoms with Crippen LogP contribution in [0.5, 0.6) is 0 Å². The van der Waals surface area contributed by atoms with Crippen molar-refractivity contribution in [3.05, 3.63) is 29.3 Å². The second-order valence-corrected chi connectivity index (χ2v) is 5.06. The molecule has 8 heteroatoms. The summed E-state index contributed by atoms with van der Waals surface area (Å²) in [7, 11) is 0. The first kappa shape index (κ1) is 15.3. The van der Waals surface area contributed by atoms with E-state index in [0.717, 1.165) is 0 Å². The second-order valence-electron chi connectivity index (χ2n) is 4.62. The Morgan fingerprint density at radius 3 is 2.90 bits per heavy atom. The van der Waals surface area contributed by atoms with Gasteiger partial charge in [-0.05, 0) is 18.2 Å². The van der Waals surface area contributed by atoms with Crippen LogP contribution in [0.3, 0.4) is 0 Å². The molecule has 2 amide bonds. The Bertz CT molecular complexity index is 578. The molecular weight excluding hydrogens is 298 g/mol. The first-order valence-corrected chi connectivity index (χ1v) is 6.62. The average molecular weight is 312 g/mol. The molecular formula is C13H14ClN3O4. The van der Waals surface area contributed by atoms with Crippen LogP contribution in [0, 0.1) is 0 Å². The van der Waals surface area contributed by atoms with E-state index in [2.05, 4.69) is 10.6 Å². The predicted octanol–water partition coefficient (Wildman–Crippen LogP) is 0.163. The molecule has 0 aliphatic carbocycles. The summed E-state index contributed by atoms with van der Waals surface area (Å²) in [6.45, 7) is -0.324. The Balaban J connectivity index is 1.99. The lowest BCUT2D eigenvalue weighted by Gasteiger charge is -2.31. The number of aliphatic carboxylic acids is 1. The molecule has 1 fully saturated rings. The highest BCUT2D eigenvalue weighted by Gasteiger charge is 2.32.